The number of benzene rings is 1. The third-order valence-electron chi connectivity index (χ3n) is 4.16. The minimum absolute atomic E-state index is 0.0212. The summed E-state index contributed by atoms with van der Waals surface area (Å²) < 4.78 is 0. The lowest BCUT2D eigenvalue weighted by Gasteiger charge is -2.22. The molecule has 1 unspecified atom stereocenters. The van der Waals surface area contributed by atoms with Gasteiger partial charge in [0.25, 0.3) is 0 Å². The number of hydrogen-bond acceptors (Lipinski definition) is 3. The largest absolute Gasteiger partial charge is 0.398 e. The molecule has 0 aliphatic heterocycles. The fourth-order valence-electron chi connectivity index (χ4n) is 2.98. The molecule has 3 rings (SSSR count). The number of nitrogens with one attached hydrogen (secondary N) is 1. The highest BCUT2D eigenvalue weighted by Gasteiger charge is 2.27. The topological polar surface area (TPSA) is 55.1 Å². The van der Waals surface area contributed by atoms with E-state index in [9.17, 15) is 4.79 Å². The van der Waals surface area contributed by atoms with Crippen molar-refractivity contribution in [2.24, 2.45) is 0 Å². The molecular weight excluding hydrogens is 280 g/mol. The molecule has 0 fully saturated rings. The van der Waals surface area contributed by atoms with Crippen LogP contribution in [0.5, 0.6) is 0 Å². The monoisotopic (exact) mass is 300 g/mol. The average molecular weight is 300 g/mol. The molecule has 1 heterocycles. The van der Waals surface area contributed by atoms with Gasteiger partial charge in [-0.05, 0) is 60.4 Å². The minimum Gasteiger partial charge on any atom is -0.398 e. The number of aryl methyl sites for hydroxylation is 2. The Bertz CT molecular complexity index is 663. The summed E-state index contributed by atoms with van der Waals surface area (Å²) in [6.07, 6.45) is 4.02. The molecule has 1 aromatic heterocycles. The lowest BCUT2D eigenvalue weighted by atomic mass is 9.87. The van der Waals surface area contributed by atoms with Crippen LogP contribution in [-0.4, -0.2) is 5.91 Å². The van der Waals surface area contributed by atoms with E-state index >= 15 is 0 Å². The highest BCUT2D eigenvalue weighted by Crippen LogP contribution is 2.35. The Kier molecular flexibility index (Phi) is 3.97. The predicted molar refractivity (Wildman–Crippen MR) is 88.9 cm³/mol. The van der Waals surface area contributed by atoms with Gasteiger partial charge in [0.1, 0.15) is 0 Å². The van der Waals surface area contributed by atoms with Crippen LogP contribution in [0.15, 0.2) is 29.6 Å². The highest BCUT2D eigenvalue weighted by atomic mass is 32.1. The maximum Gasteiger partial charge on any atom is 0.231 e. The van der Waals surface area contributed by atoms with E-state index < -0.39 is 0 Å². The Labute approximate surface area is 129 Å². The second-order valence-electron chi connectivity index (χ2n) is 5.50. The molecular formula is C17H20N2OS. The zero-order valence-corrected chi connectivity index (χ0v) is 13.0. The molecule has 1 aliphatic rings. The summed E-state index contributed by atoms with van der Waals surface area (Å²) in [5.74, 6) is 0.0603. The van der Waals surface area contributed by atoms with Crippen LogP contribution in [0.2, 0.25) is 0 Å². The number of amides is 1. The van der Waals surface area contributed by atoms with E-state index in [-0.39, 0.29) is 11.8 Å². The number of nitrogens with two attached hydrogens (primary N) is 1. The summed E-state index contributed by atoms with van der Waals surface area (Å²) in [7, 11) is 0. The molecule has 0 spiro atoms. The minimum atomic E-state index is -0.0212. The summed E-state index contributed by atoms with van der Waals surface area (Å²) in [6, 6.07) is 7.87. The van der Waals surface area contributed by atoms with Crippen molar-refractivity contribution in [3.8, 4) is 0 Å². The van der Waals surface area contributed by atoms with Gasteiger partial charge in [-0.15, -0.1) is 11.3 Å². The quantitative estimate of drug-likeness (QED) is 0.843. The van der Waals surface area contributed by atoms with Gasteiger partial charge in [0, 0.05) is 16.3 Å². The van der Waals surface area contributed by atoms with E-state index in [0.29, 0.717) is 0 Å². The number of fused-ring (bicyclic) bond motifs is 1. The summed E-state index contributed by atoms with van der Waals surface area (Å²) >= 11 is 1.76. The van der Waals surface area contributed by atoms with Crippen molar-refractivity contribution in [1.29, 1.82) is 0 Å². The van der Waals surface area contributed by atoms with Crippen molar-refractivity contribution in [2.75, 3.05) is 11.1 Å². The fourth-order valence-corrected chi connectivity index (χ4v) is 3.97. The Morgan fingerprint density at radius 2 is 2.29 bits per heavy atom. The maximum absolute atomic E-state index is 12.5. The van der Waals surface area contributed by atoms with Crippen LogP contribution in [0.4, 0.5) is 11.4 Å². The SMILES string of the molecule is CCc1ccc(NC(=O)C2CCCc3sccc32)cc1N. The van der Waals surface area contributed by atoms with Crippen molar-refractivity contribution in [2.45, 2.75) is 38.5 Å². The molecule has 2 aromatic rings. The van der Waals surface area contributed by atoms with Crippen molar-refractivity contribution < 1.29 is 4.79 Å². The molecule has 3 N–H and O–H groups in total. The number of carbonyl (C=O) groups excluding carboxylic acids is 1. The molecule has 1 aromatic carbocycles. The van der Waals surface area contributed by atoms with Crippen molar-refractivity contribution in [3.05, 3.63) is 45.6 Å². The summed E-state index contributed by atoms with van der Waals surface area (Å²) in [5.41, 5.74) is 9.86. The molecule has 1 atom stereocenters. The first kappa shape index (κ1) is 14.1. The third kappa shape index (κ3) is 2.81. The van der Waals surface area contributed by atoms with E-state index in [1.165, 1.54) is 10.4 Å². The first-order valence-electron chi connectivity index (χ1n) is 7.44. The molecule has 21 heavy (non-hydrogen) atoms. The van der Waals surface area contributed by atoms with Crippen LogP contribution in [0.3, 0.4) is 0 Å². The predicted octanol–water partition coefficient (Wildman–Crippen LogP) is 3.95. The van der Waals surface area contributed by atoms with E-state index in [0.717, 1.165) is 42.6 Å². The summed E-state index contributed by atoms with van der Waals surface area (Å²) in [6.45, 7) is 2.07. The molecule has 3 nitrogen and oxygen atoms in total. The van der Waals surface area contributed by atoms with Crippen molar-refractivity contribution >= 4 is 28.6 Å². The number of rotatable bonds is 3. The van der Waals surface area contributed by atoms with Gasteiger partial charge in [0.15, 0.2) is 0 Å². The second-order valence-corrected chi connectivity index (χ2v) is 6.50. The smallest absolute Gasteiger partial charge is 0.231 e. The van der Waals surface area contributed by atoms with Gasteiger partial charge < -0.3 is 11.1 Å². The van der Waals surface area contributed by atoms with Crippen LogP contribution in [0.1, 0.15) is 41.7 Å². The van der Waals surface area contributed by atoms with E-state index in [2.05, 4.69) is 23.7 Å². The molecule has 0 saturated carbocycles. The number of nitrogen functional groups attached to an aromatic ring is 1. The van der Waals surface area contributed by atoms with Crippen LogP contribution < -0.4 is 11.1 Å². The highest BCUT2D eigenvalue weighted by molar-refractivity contribution is 7.10. The fraction of sp³-hybridized carbons (Fsp3) is 0.353. The zero-order chi connectivity index (χ0) is 14.8. The Morgan fingerprint density at radius 3 is 3.05 bits per heavy atom. The normalized spacial score (nSPS) is 17.3. The molecule has 1 aliphatic carbocycles. The van der Waals surface area contributed by atoms with Gasteiger partial charge in [-0.25, -0.2) is 0 Å². The molecule has 0 radical (unpaired) electrons. The first-order chi connectivity index (χ1) is 10.2. The van der Waals surface area contributed by atoms with E-state index in [1.54, 1.807) is 11.3 Å². The number of carbonyl (C=O) groups is 1. The summed E-state index contributed by atoms with van der Waals surface area (Å²) in [5, 5.41) is 5.11. The standard InChI is InChI=1S/C17H20N2OS/c1-2-11-6-7-12(10-15(11)18)19-17(20)14-4-3-5-16-13(14)8-9-21-16/h6-10,14H,2-5,18H2,1H3,(H,19,20). The van der Waals surface area contributed by atoms with Gasteiger partial charge in [-0.1, -0.05) is 13.0 Å². The Hall–Kier alpha value is -1.81. The Morgan fingerprint density at radius 1 is 1.43 bits per heavy atom. The molecule has 1 amide bonds. The maximum atomic E-state index is 12.5. The van der Waals surface area contributed by atoms with Crippen molar-refractivity contribution in [3.63, 3.8) is 0 Å². The molecule has 0 bridgehead atoms. The van der Waals surface area contributed by atoms with E-state index in [4.69, 9.17) is 5.73 Å². The van der Waals surface area contributed by atoms with Gasteiger partial charge in [0.05, 0.1) is 5.92 Å². The molecule has 0 saturated heterocycles. The van der Waals surface area contributed by atoms with Crippen LogP contribution in [0.25, 0.3) is 0 Å². The van der Waals surface area contributed by atoms with Gasteiger partial charge in [-0.3, -0.25) is 4.79 Å². The lowest BCUT2D eigenvalue weighted by Crippen LogP contribution is -2.23. The first-order valence-corrected chi connectivity index (χ1v) is 8.32. The molecule has 4 heteroatoms. The zero-order valence-electron chi connectivity index (χ0n) is 12.2. The number of hydrogen-bond donors (Lipinski definition) is 2. The van der Waals surface area contributed by atoms with Crippen LogP contribution >= 0.6 is 11.3 Å². The van der Waals surface area contributed by atoms with Crippen molar-refractivity contribution in [1.82, 2.24) is 0 Å². The van der Waals surface area contributed by atoms with E-state index in [1.807, 2.05) is 18.2 Å². The summed E-state index contributed by atoms with van der Waals surface area (Å²) in [4.78, 5) is 13.9. The number of anilines is 2. The number of thiophene rings is 1. The van der Waals surface area contributed by atoms with Gasteiger partial charge in [-0.2, -0.15) is 0 Å². The van der Waals surface area contributed by atoms with Gasteiger partial charge >= 0.3 is 0 Å². The average Bonchev–Trinajstić information content (AvgIpc) is 2.95. The molecule has 110 valence electrons. The Balaban J connectivity index is 1.77. The third-order valence-corrected chi connectivity index (χ3v) is 5.16. The second kappa shape index (κ2) is 5.90. The lowest BCUT2D eigenvalue weighted by molar-refractivity contribution is -0.117. The van der Waals surface area contributed by atoms with Crippen LogP contribution in [-0.2, 0) is 17.6 Å². The van der Waals surface area contributed by atoms with Gasteiger partial charge in [0.2, 0.25) is 5.91 Å². The van der Waals surface area contributed by atoms with Crippen LogP contribution in [0, 0.1) is 0 Å².